The zero-order chi connectivity index (χ0) is 26.9. The molecule has 0 radical (unpaired) electrons. The van der Waals surface area contributed by atoms with Crippen LogP contribution in [-0.4, -0.2) is 28.7 Å². The van der Waals surface area contributed by atoms with Gasteiger partial charge in [-0.1, -0.05) is 95.3 Å². The highest BCUT2D eigenvalue weighted by atomic mass is 35.5. The Morgan fingerprint density at radius 2 is 1.89 bits per heavy atom. The zero-order valence-corrected chi connectivity index (χ0v) is 23.4. The lowest BCUT2D eigenvalue weighted by Gasteiger charge is -2.13. The number of hydrogen-bond acceptors (Lipinski definition) is 3. The quantitative estimate of drug-likeness (QED) is 0.220. The summed E-state index contributed by atoms with van der Waals surface area (Å²) in [6.45, 7) is 12.3. The third-order valence-corrected chi connectivity index (χ3v) is 5.81. The third kappa shape index (κ3) is 9.42. The summed E-state index contributed by atoms with van der Waals surface area (Å²) in [6.07, 6.45) is 13.3. The van der Waals surface area contributed by atoms with Crippen molar-refractivity contribution < 1.29 is 4.79 Å². The highest BCUT2D eigenvalue weighted by Gasteiger charge is 2.20. The fourth-order valence-electron chi connectivity index (χ4n) is 3.33. The summed E-state index contributed by atoms with van der Waals surface area (Å²) in [4.78, 5) is 17.3. The van der Waals surface area contributed by atoms with Crippen LogP contribution in [0, 0.1) is 0 Å². The molecule has 0 saturated heterocycles. The van der Waals surface area contributed by atoms with E-state index in [0.717, 1.165) is 33.3 Å². The Kier molecular flexibility index (Phi) is 15.4. The summed E-state index contributed by atoms with van der Waals surface area (Å²) < 4.78 is 0. The lowest BCUT2D eigenvalue weighted by Crippen LogP contribution is -2.25. The van der Waals surface area contributed by atoms with E-state index in [1.54, 1.807) is 24.4 Å². The largest absolute Gasteiger partial charge is 0.326 e. The lowest BCUT2D eigenvalue weighted by molar-refractivity contribution is -0.116. The van der Waals surface area contributed by atoms with Crippen molar-refractivity contribution in [2.45, 2.75) is 52.3 Å². The van der Waals surface area contributed by atoms with Gasteiger partial charge in [0.05, 0.1) is 17.0 Å². The molecule has 1 amide bonds. The molecule has 3 rings (SSSR count). The van der Waals surface area contributed by atoms with Crippen molar-refractivity contribution in [3.05, 3.63) is 96.0 Å². The van der Waals surface area contributed by atoms with Gasteiger partial charge in [-0.15, -0.1) is 23.2 Å². The second kappa shape index (κ2) is 17.7. The molecule has 0 saturated carbocycles. The standard InChI is InChI=1S/C25H25Cl2N3O.C3H8.C2H6/c1-2-17(16-28)7-8-19(15-26)25(31)30-20-9-11-22(23(27)12-10-20)24-21-6-4-3-5-18(21)13-14-29-24;1-3-2;1-2/h2-8,10-11,13-14,23H,1,9,12,15-16,28H2,(H,30,31);3H2,1-2H3;1-2H3/b17-7+,19-8+;;. The highest BCUT2D eigenvalue weighted by Crippen LogP contribution is 2.32. The molecule has 1 heterocycles. The molecule has 1 unspecified atom stereocenters. The van der Waals surface area contributed by atoms with Crippen molar-refractivity contribution in [2.75, 3.05) is 12.4 Å². The molecule has 1 aromatic carbocycles. The second-order valence-corrected chi connectivity index (χ2v) is 8.61. The first-order valence-electron chi connectivity index (χ1n) is 12.5. The molecule has 0 fully saturated rings. The number of pyridine rings is 1. The van der Waals surface area contributed by atoms with Crippen LogP contribution >= 0.6 is 23.2 Å². The first-order chi connectivity index (χ1) is 17.5. The Morgan fingerprint density at radius 1 is 1.19 bits per heavy atom. The van der Waals surface area contributed by atoms with Crippen LogP contribution in [0.3, 0.4) is 0 Å². The van der Waals surface area contributed by atoms with E-state index in [1.807, 2.05) is 50.3 Å². The number of hydrogen-bond donors (Lipinski definition) is 2. The first kappa shape index (κ1) is 31.4. The number of allylic oxidation sites excluding steroid dienone is 5. The summed E-state index contributed by atoms with van der Waals surface area (Å²) in [5, 5.41) is 4.90. The number of alkyl halides is 2. The highest BCUT2D eigenvalue weighted by molar-refractivity contribution is 6.27. The lowest BCUT2D eigenvalue weighted by atomic mass is 10.0. The van der Waals surface area contributed by atoms with E-state index in [0.29, 0.717) is 25.0 Å². The van der Waals surface area contributed by atoms with Crippen LogP contribution in [-0.2, 0) is 4.79 Å². The molecule has 1 atom stereocenters. The van der Waals surface area contributed by atoms with E-state index in [4.69, 9.17) is 28.9 Å². The minimum Gasteiger partial charge on any atom is -0.326 e. The van der Waals surface area contributed by atoms with Crippen LogP contribution in [0.2, 0.25) is 0 Å². The summed E-state index contributed by atoms with van der Waals surface area (Å²) in [5.74, 6) is -0.159. The predicted molar refractivity (Wildman–Crippen MR) is 158 cm³/mol. The maximum absolute atomic E-state index is 12.7. The maximum atomic E-state index is 12.7. The van der Waals surface area contributed by atoms with Crippen LogP contribution in [0.1, 0.15) is 52.7 Å². The van der Waals surface area contributed by atoms with Gasteiger partial charge in [-0.2, -0.15) is 0 Å². The number of aromatic nitrogens is 1. The number of nitrogens with one attached hydrogen (secondary N) is 1. The zero-order valence-electron chi connectivity index (χ0n) is 21.9. The van der Waals surface area contributed by atoms with Crippen LogP contribution in [0.25, 0.3) is 16.3 Å². The molecule has 2 aromatic rings. The number of nitrogens with two attached hydrogens (primary N) is 1. The molecule has 0 aliphatic heterocycles. The Hall–Kier alpha value is -2.66. The van der Waals surface area contributed by atoms with E-state index in [1.165, 1.54) is 6.42 Å². The summed E-state index contributed by atoms with van der Waals surface area (Å²) in [6, 6.07) is 10.1. The minimum absolute atomic E-state index is 0.0871. The van der Waals surface area contributed by atoms with Gasteiger partial charge in [-0.25, -0.2) is 0 Å². The molecule has 1 aliphatic carbocycles. The van der Waals surface area contributed by atoms with Crippen molar-refractivity contribution in [1.29, 1.82) is 0 Å². The number of fused-ring (bicyclic) bond motifs is 1. The SMILES string of the molecule is C=C/C(=C\C=C(/CCl)C(=O)NC1=CCC(Cl)C(c2nccc3ccccc23)=CC1)CN.CC.CCC. The third-order valence-electron chi connectivity index (χ3n) is 5.10. The molecule has 4 nitrogen and oxygen atoms in total. The smallest absolute Gasteiger partial charge is 0.252 e. The number of benzene rings is 1. The van der Waals surface area contributed by atoms with Gasteiger partial charge in [0.25, 0.3) is 5.91 Å². The van der Waals surface area contributed by atoms with Crippen molar-refractivity contribution in [1.82, 2.24) is 10.3 Å². The van der Waals surface area contributed by atoms with Crippen LogP contribution in [0.4, 0.5) is 0 Å². The number of amides is 1. The number of nitrogens with zero attached hydrogens (tertiary/aromatic N) is 1. The molecule has 1 aliphatic rings. The molecule has 194 valence electrons. The number of carbonyl (C=O) groups is 1. The minimum atomic E-state index is -0.246. The van der Waals surface area contributed by atoms with Crippen molar-refractivity contribution in [3.8, 4) is 0 Å². The van der Waals surface area contributed by atoms with Gasteiger partial charge in [0, 0.05) is 35.8 Å². The number of halogens is 2. The van der Waals surface area contributed by atoms with Gasteiger partial charge >= 0.3 is 0 Å². The maximum Gasteiger partial charge on any atom is 0.252 e. The molecular weight excluding hydrogens is 489 g/mol. The van der Waals surface area contributed by atoms with Gasteiger partial charge in [-0.3, -0.25) is 9.78 Å². The van der Waals surface area contributed by atoms with Gasteiger partial charge in [0.15, 0.2) is 0 Å². The van der Waals surface area contributed by atoms with E-state index in [-0.39, 0.29) is 17.2 Å². The average molecular weight is 529 g/mol. The molecule has 6 heteroatoms. The Labute approximate surface area is 226 Å². The summed E-state index contributed by atoms with van der Waals surface area (Å²) >= 11 is 12.7. The topological polar surface area (TPSA) is 68.0 Å². The summed E-state index contributed by atoms with van der Waals surface area (Å²) in [7, 11) is 0. The molecule has 36 heavy (non-hydrogen) atoms. The van der Waals surface area contributed by atoms with E-state index >= 15 is 0 Å². The van der Waals surface area contributed by atoms with E-state index in [9.17, 15) is 4.79 Å². The van der Waals surface area contributed by atoms with Crippen LogP contribution in [0.15, 0.2) is 90.3 Å². The van der Waals surface area contributed by atoms with Crippen molar-refractivity contribution in [3.63, 3.8) is 0 Å². The van der Waals surface area contributed by atoms with Crippen molar-refractivity contribution in [2.24, 2.45) is 5.73 Å². The predicted octanol–water partition coefficient (Wildman–Crippen LogP) is 7.70. The molecule has 0 bridgehead atoms. The normalized spacial score (nSPS) is 15.8. The average Bonchev–Trinajstić information content (AvgIpc) is 3.09. The molecule has 0 spiro atoms. The van der Waals surface area contributed by atoms with Crippen LogP contribution < -0.4 is 11.1 Å². The Balaban J connectivity index is 0.00000120. The van der Waals surface area contributed by atoms with E-state index in [2.05, 4.69) is 36.8 Å². The monoisotopic (exact) mass is 527 g/mol. The van der Waals surface area contributed by atoms with Gasteiger partial charge < -0.3 is 11.1 Å². The van der Waals surface area contributed by atoms with E-state index < -0.39 is 0 Å². The number of rotatable bonds is 7. The fourth-order valence-corrected chi connectivity index (χ4v) is 3.83. The number of carbonyl (C=O) groups excluding carboxylic acids is 1. The van der Waals surface area contributed by atoms with Crippen LogP contribution in [0.5, 0.6) is 0 Å². The Morgan fingerprint density at radius 3 is 2.53 bits per heavy atom. The molecular formula is C30H39Cl2N3O. The first-order valence-corrected chi connectivity index (χ1v) is 13.4. The fraction of sp³-hybridized carbons (Fsp3) is 0.333. The molecule has 1 aromatic heterocycles. The Bertz CT molecular complexity index is 1110. The van der Waals surface area contributed by atoms with Gasteiger partial charge in [0.1, 0.15) is 0 Å². The second-order valence-electron chi connectivity index (χ2n) is 7.81. The molecule has 3 N–H and O–H groups in total. The van der Waals surface area contributed by atoms with Crippen molar-refractivity contribution >= 4 is 45.5 Å². The van der Waals surface area contributed by atoms with Gasteiger partial charge in [-0.05, 0) is 29.0 Å². The van der Waals surface area contributed by atoms with Gasteiger partial charge in [0.2, 0.25) is 0 Å². The summed E-state index contributed by atoms with van der Waals surface area (Å²) in [5.41, 5.74) is 9.53.